The van der Waals surface area contributed by atoms with Crippen LogP contribution in [0.5, 0.6) is 0 Å². The molecule has 0 fully saturated rings. The highest BCUT2D eigenvalue weighted by Gasteiger charge is 2.30. The minimum atomic E-state index is -0.748. The molecule has 4 nitrogen and oxygen atoms in total. The van der Waals surface area contributed by atoms with Crippen molar-refractivity contribution < 1.29 is 14.6 Å². The third kappa shape index (κ3) is 2.50. The Balaban J connectivity index is 2.27. The molecule has 2 rings (SSSR count). The van der Waals surface area contributed by atoms with Gasteiger partial charge in [0.15, 0.2) is 0 Å². The van der Waals surface area contributed by atoms with E-state index in [0.29, 0.717) is 13.0 Å². The molecule has 1 aromatic heterocycles. The lowest BCUT2D eigenvalue weighted by atomic mass is 9.91. The Kier molecular flexibility index (Phi) is 3.79. The first-order valence-electron chi connectivity index (χ1n) is 5.84. The van der Waals surface area contributed by atoms with E-state index in [4.69, 9.17) is 4.74 Å². The maximum absolute atomic E-state index is 11.2. The maximum atomic E-state index is 11.2. The molecule has 1 aliphatic carbocycles. The Bertz CT molecular complexity index is 416. The van der Waals surface area contributed by atoms with E-state index in [-0.39, 0.29) is 5.92 Å². The molecule has 1 aliphatic rings. The smallest absolute Gasteiger partial charge is 0.312 e. The molecule has 0 amide bonds. The monoisotopic (exact) mass is 255 g/mol. The highest BCUT2D eigenvalue weighted by Crippen LogP contribution is 2.36. The van der Waals surface area contributed by atoms with E-state index in [1.165, 1.54) is 0 Å². The summed E-state index contributed by atoms with van der Waals surface area (Å²) in [5, 5.41) is 10.2. The molecule has 0 saturated carbocycles. The number of methoxy groups -OCH3 is 1. The van der Waals surface area contributed by atoms with Crippen LogP contribution in [0.25, 0.3) is 0 Å². The van der Waals surface area contributed by atoms with Gasteiger partial charge in [0.05, 0.1) is 23.2 Å². The van der Waals surface area contributed by atoms with Crippen LogP contribution in [0.15, 0.2) is 0 Å². The molecule has 5 heteroatoms. The summed E-state index contributed by atoms with van der Waals surface area (Å²) in [4.78, 5) is 16.8. The van der Waals surface area contributed by atoms with Crippen molar-refractivity contribution >= 4 is 17.3 Å². The highest BCUT2D eigenvalue weighted by atomic mass is 32.1. The van der Waals surface area contributed by atoms with Crippen LogP contribution in [0.2, 0.25) is 0 Å². The van der Waals surface area contributed by atoms with Crippen molar-refractivity contribution in [1.82, 2.24) is 4.98 Å². The maximum Gasteiger partial charge on any atom is 0.312 e. The fourth-order valence-corrected chi connectivity index (χ4v) is 3.41. The average molecular weight is 255 g/mol. The summed E-state index contributed by atoms with van der Waals surface area (Å²) in [7, 11) is 1.67. The van der Waals surface area contributed by atoms with Gasteiger partial charge in [-0.3, -0.25) is 4.79 Å². The molecule has 0 aromatic carbocycles. The second kappa shape index (κ2) is 5.14. The van der Waals surface area contributed by atoms with Gasteiger partial charge in [-0.05, 0) is 19.3 Å². The normalized spacial score (nSPS) is 20.9. The number of nitrogens with zero attached hydrogens (tertiary/aromatic N) is 1. The zero-order valence-electron chi connectivity index (χ0n) is 10.1. The van der Waals surface area contributed by atoms with Gasteiger partial charge in [0, 0.05) is 17.9 Å². The van der Waals surface area contributed by atoms with Gasteiger partial charge in [0.25, 0.3) is 0 Å². The molecule has 0 bridgehead atoms. The summed E-state index contributed by atoms with van der Waals surface area (Å²) in [6.45, 7) is 2.69. The number of aliphatic carboxylic acids is 1. The molecule has 0 radical (unpaired) electrons. The topological polar surface area (TPSA) is 59.4 Å². The largest absolute Gasteiger partial charge is 0.481 e. The Hall–Kier alpha value is -0.940. The highest BCUT2D eigenvalue weighted by molar-refractivity contribution is 7.11. The number of carboxylic acids is 1. The van der Waals surface area contributed by atoms with Crippen LogP contribution in [0.1, 0.15) is 47.2 Å². The van der Waals surface area contributed by atoms with E-state index in [0.717, 1.165) is 28.4 Å². The summed E-state index contributed by atoms with van der Waals surface area (Å²) < 4.78 is 5.11. The molecule has 2 atom stereocenters. The molecular weight excluding hydrogens is 238 g/mol. The number of carbonyl (C=O) groups is 1. The number of thiazole rings is 1. The first-order valence-corrected chi connectivity index (χ1v) is 6.66. The number of ether oxygens (including phenoxy) is 1. The summed E-state index contributed by atoms with van der Waals surface area (Å²) in [6, 6.07) is 0. The molecule has 1 heterocycles. The van der Waals surface area contributed by atoms with Gasteiger partial charge >= 0.3 is 5.97 Å². The number of fused-ring (bicyclic) bond motifs is 1. The quantitative estimate of drug-likeness (QED) is 0.897. The number of aryl methyl sites for hydroxylation is 1. The molecule has 0 spiro atoms. The molecule has 0 saturated heterocycles. The zero-order chi connectivity index (χ0) is 12.4. The predicted molar refractivity (Wildman–Crippen MR) is 65.7 cm³/mol. The van der Waals surface area contributed by atoms with Crippen LogP contribution in [0, 0.1) is 0 Å². The fourth-order valence-electron chi connectivity index (χ4n) is 2.21. The Morgan fingerprint density at radius 1 is 1.71 bits per heavy atom. The van der Waals surface area contributed by atoms with Crippen molar-refractivity contribution in [1.29, 1.82) is 0 Å². The molecule has 1 N–H and O–H groups in total. The van der Waals surface area contributed by atoms with Crippen molar-refractivity contribution in [2.75, 3.05) is 13.7 Å². The molecule has 17 heavy (non-hydrogen) atoms. The first-order chi connectivity index (χ1) is 8.13. The Morgan fingerprint density at radius 2 is 2.47 bits per heavy atom. The van der Waals surface area contributed by atoms with Crippen LogP contribution >= 0.6 is 11.3 Å². The van der Waals surface area contributed by atoms with Gasteiger partial charge in [-0.15, -0.1) is 11.3 Å². The summed E-state index contributed by atoms with van der Waals surface area (Å²) >= 11 is 1.65. The second-order valence-electron chi connectivity index (χ2n) is 4.50. The van der Waals surface area contributed by atoms with E-state index in [1.807, 2.05) is 0 Å². The van der Waals surface area contributed by atoms with Crippen molar-refractivity contribution in [3.8, 4) is 0 Å². The molecular formula is C12H17NO3S. The van der Waals surface area contributed by atoms with E-state index in [9.17, 15) is 9.90 Å². The molecule has 2 unspecified atom stereocenters. The molecule has 1 aromatic rings. The summed E-state index contributed by atoms with van der Waals surface area (Å²) in [6.07, 6.45) is 2.63. The SMILES string of the molecule is COCC(C)c1nc2c(s1)CCCC2C(=O)O. The summed E-state index contributed by atoms with van der Waals surface area (Å²) in [5.74, 6) is -0.911. The van der Waals surface area contributed by atoms with Crippen LogP contribution in [0.3, 0.4) is 0 Å². The van der Waals surface area contributed by atoms with Crippen LogP contribution in [-0.4, -0.2) is 29.8 Å². The lowest BCUT2D eigenvalue weighted by Crippen LogP contribution is -2.17. The minimum absolute atomic E-state index is 0.241. The lowest BCUT2D eigenvalue weighted by Gasteiger charge is -2.16. The Labute approximate surface area is 105 Å². The van der Waals surface area contributed by atoms with E-state index >= 15 is 0 Å². The first kappa shape index (κ1) is 12.5. The van der Waals surface area contributed by atoms with E-state index in [2.05, 4.69) is 11.9 Å². The van der Waals surface area contributed by atoms with Crippen molar-refractivity contribution in [3.05, 3.63) is 15.6 Å². The Morgan fingerprint density at radius 3 is 3.12 bits per heavy atom. The van der Waals surface area contributed by atoms with Gasteiger partial charge < -0.3 is 9.84 Å². The molecule has 0 aliphatic heterocycles. The van der Waals surface area contributed by atoms with E-state index in [1.54, 1.807) is 18.4 Å². The van der Waals surface area contributed by atoms with Gasteiger partial charge in [0.1, 0.15) is 0 Å². The van der Waals surface area contributed by atoms with Gasteiger partial charge in [-0.25, -0.2) is 4.98 Å². The van der Waals surface area contributed by atoms with Gasteiger partial charge in [0.2, 0.25) is 0 Å². The van der Waals surface area contributed by atoms with E-state index < -0.39 is 11.9 Å². The number of hydrogen-bond donors (Lipinski definition) is 1. The van der Waals surface area contributed by atoms with Gasteiger partial charge in [-0.1, -0.05) is 6.92 Å². The number of carboxylic acid groups (broad SMARTS) is 1. The summed E-state index contributed by atoms with van der Waals surface area (Å²) in [5.41, 5.74) is 0.798. The average Bonchev–Trinajstić information content (AvgIpc) is 2.72. The molecule has 94 valence electrons. The van der Waals surface area contributed by atoms with Crippen LogP contribution in [0.4, 0.5) is 0 Å². The van der Waals surface area contributed by atoms with Crippen molar-refractivity contribution in [2.24, 2.45) is 0 Å². The number of rotatable bonds is 4. The van der Waals surface area contributed by atoms with Crippen LogP contribution < -0.4 is 0 Å². The van der Waals surface area contributed by atoms with Crippen LogP contribution in [-0.2, 0) is 16.0 Å². The zero-order valence-corrected chi connectivity index (χ0v) is 10.9. The number of hydrogen-bond acceptors (Lipinski definition) is 4. The number of aromatic nitrogens is 1. The van der Waals surface area contributed by atoms with Crippen molar-refractivity contribution in [2.45, 2.75) is 38.0 Å². The van der Waals surface area contributed by atoms with Crippen molar-refractivity contribution in [3.63, 3.8) is 0 Å². The third-order valence-corrected chi connectivity index (χ3v) is 4.47. The third-order valence-electron chi connectivity index (χ3n) is 3.11. The second-order valence-corrected chi connectivity index (χ2v) is 5.62. The van der Waals surface area contributed by atoms with Gasteiger partial charge in [-0.2, -0.15) is 0 Å². The standard InChI is InChI=1S/C12H17NO3S/c1-7(6-16-2)11-13-10-8(12(14)15)4-3-5-9(10)17-11/h7-8H,3-6H2,1-2H3,(H,14,15). The predicted octanol–water partition coefficient (Wildman–Crippen LogP) is 2.40. The minimum Gasteiger partial charge on any atom is -0.481 e. The fraction of sp³-hybridized carbons (Fsp3) is 0.667. The lowest BCUT2D eigenvalue weighted by molar-refractivity contribution is -0.139.